The molecular weight excluding hydrogens is 578 g/mol. The van der Waals surface area contributed by atoms with Crippen LogP contribution < -0.4 is 19.1 Å². The van der Waals surface area contributed by atoms with Gasteiger partial charge in [0.2, 0.25) is 21.8 Å². The Hall–Kier alpha value is -3.76. The van der Waals surface area contributed by atoms with Crippen LogP contribution in [0, 0.1) is 0 Å². The van der Waals surface area contributed by atoms with E-state index in [0.717, 1.165) is 16.3 Å². The maximum Gasteiger partial charge on any atom is 0.244 e. The molecule has 0 aromatic heterocycles. The van der Waals surface area contributed by atoms with Crippen molar-refractivity contribution in [2.45, 2.75) is 39.3 Å². The predicted molar refractivity (Wildman–Crippen MR) is 163 cm³/mol. The molecule has 1 aliphatic heterocycles. The molecule has 224 valence electrons. The number of carbonyl (C=O) groups excluding carboxylic acids is 2. The summed E-state index contributed by atoms with van der Waals surface area (Å²) in [6.07, 6.45) is 0.964. The third kappa shape index (κ3) is 7.95. The van der Waals surface area contributed by atoms with Crippen LogP contribution in [0.15, 0.2) is 72.8 Å². The lowest BCUT2D eigenvalue weighted by Gasteiger charge is -2.34. The number of anilines is 1. The molecule has 2 amide bonds. The van der Waals surface area contributed by atoms with Gasteiger partial charge >= 0.3 is 0 Å². The fourth-order valence-electron chi connectivity index (χ4n) is 4.66. The summed E-state index contributed by atoms with van der Waals surface area (Å²) >= 11 is 6.26. The lowest BCUT2D eigenvalue weighted by molar-refractivity contribution is -0.140. The van der Waals surface area contributed by atoms with E-state index in [1.807, 2.05) is 43.3 Å². The van der Waals surface area contributed by atoms with Crippen LogP contribution in [0.1, 0.15) is 31.4 Å². The van der Waals surface area contributed by atoms with Crippen molar-refractivity contribution in [3.05, 3.63) is 88.9 Å². The van der Waals surface area contributed by atoms with Gasteiger partial charge in [0.15, 0.2) is 11.5 Å². The van der Waals surface area contributed by atoms with E-state index in [9.17, 15) is 18.0 Å². The van der Waals surface area contributed by atoms with Crippen LogP contribution in [0.3, 0.4) is 0 Å². The number of halogens is 1. The molecule has 1 atom stereocenters. The average Bonchev–Trinajstić information content (AvgIpc) is 3.00. The number of rotatable bonds is 13. The molecule has 0 spiro atoms. The second-order valence-corrected chi connectivity index (χ2v) is 12.5. The minimum Gasteiger partial charge on any atom is -0.486 e. The largest absolute Gasteiger partial charge is 0.486 e. The Morgan fingerprint density at radius 1 is 0.929 bits per heavy atom. The van der Waals surface area contributed by atoms with Gasteiger partial charge in [-0.05, 0) is 48.7 Å². The Balaban J connectivity index is 1.74. The Morgan fingerprint density at radius 3 is 2.33 bits per heavy atom. The zero-order valence-corrected chi connectivity index (χ0v) is 25.4. The van der Waals surface area contributed by atoms with Gasteiger partial charge in [0.25, 0.3) is 0 Å². The summed E-state index contributed by atoms with van der Waals surface area (Å²) in [6, 6.07) is 20.3. The number of sulfonamides is 1. The standard InChI is InChI=1S/C31H36ClN3O6S/c1-3-15-33-31(37)27(19-23-9-6-5-7-10-23)34(21-24-11-8-12-25(32)18-24)30(36)22-35(42(38,39)4-2)26-13-14-28-29(20-26)41-17-16-40-28/h5-14,18,20,27H,3-4,15-17,19,21-22H2,1-2H3,(H,33,37)/t27-/m0/s1. The van der Waals surface area contributed by atoms with Gasteiger partial charge in [-0.2, -0.15) is 0 Å². The molecular formula is C31H36ClN3O6S. The Morgan fingerprint density at radius 2 is 1.64 bits per heavy atom. The van der Waals surface area contributed by atoms with Crippen LogP contribution in [-0.2, 0) is 32.6 Å². The van der Waals surface area contributed by atoms with Gasteiger partial charge in [-0.3, -0.25) is 13.9 Å². The van der Waals surface area contributed by atoms with Crippen LogP contribution in [0.5, 0.6) is 11.5 Å². The summed E-state index contributed by atoms with van der Waals surface area (Å²) in [5.74, 6) is -0.176. The van der Waals surface area contributed by atoms with Crippen molar-refractivity contribution in [3.8, 4) is 11.5 Å². The number of hydrogen-bond donors (Lipinski definition) is 1. The zero-order chi connectivity index (χ0) is 30.1. The molecule has 1 heterocycles. The van der Waals surface area contributed by atoms with Gasteiger partial charge in [-0.25, -0.2) is 8.42 Å². The lowest BCUT2D eigenvalue weighted by atomic mass is 10.0. The molecule has 0 radical (unpaired) electrons. The van der Waals surface area contributed by atoms with Gasteiger partial charge in [-0.15, -0.1) is 0 Å². The molecule has 42 heavy (non-hydrogen) atoms. The third-order valence-corrected chi connectivity index (χ3v) is 8.83. The van der Waals surface area contributed by atoms with Crippen molar-refractivity contribution < 1.29 is 27.5 Å². The Kier molecular flexibility index (Phi) is 10.7. The lowest BCUT2D eigenvalue weighted by Crippen LogP contribution is -2.53. The summed E-state index contributed by atoms with van der Waals surface area (Å²) in [7, 11) is -3.90. The number of nitrogens with zero attached hydrogens (tertiary/aromatic N) is 2. The number of amides is 2. The van der Waals surface area contributed by atoms with Gasteiger partial charge in [-0.1, -0.05) is 61.0 Å². The molecule has 0 bridgehead atoms. The highest BCUT2D eigenvalue weighted by Crippen LogP contribution is 2.35. The maximum absolute atomic E-state index is 14.2. The van der Waals surface area contributed by atoms with E-state index in [1.54, 1.807) is 36.4 Å². The van der Waals surface area contributed by atoms with Gasteiger partial charge in [0, 0.05) is 30.6 Å². The van der Waals surface area contributed by atoms with Crippen LogP contribution in [0.4, 0.5) is 5.69 Å². The van der Waals surface area contributed by atoms with Crippen LogP contribution >= 0.6 is 11.6 Å². The fraction of sp³-hybridized carbons (Fsp3) is 0.355. The number of nitrogens with one attached hydrogen (secondary N) is 1. The molecule has 9 nitrogen and oxygen atoms in total. The first-order valence-corrected chi connectivity index (χ1v) is 16.0. The summed E-state index contributed by atoms with van der Waals surface area (Å²) in [5.41, 5.74) is 1.84. The number of benzene rings is 3. The Bertz CT molecular complexity index is 1480. The van der Waals surface area contributed by atoms with E-state index < -0.39 is 28.5 Å². The fourth-order valence-corrected chi connectivity index (χ4v) is 5.93. The molecule has 3 aromatic rings. The number of ether oxygens (including phenoxy) is 2. The average molecular weight is 614 g/mol. The highest BCUT2D eigenvalue weighted by molar-refractivity contribution is 7.92. The molecule has 1 aliphatic rings. The molecule has 0 unspecified atom stereocenters. The van der Waals surface area contributed by atoms with Gasteiger partial charge < -0.3 is 19.7 Å². The highest BCUT2D eigenvalue weighted by atomic mass is 35.5. The van der Waals surface area contributed by atoms with Crippen molar-refractivity contribution in [1.82, 2.24) is 10.2 Å². The minimum atomic E-state index is -3.90. The molecule has 11 heteroatoms. The maximum atomic E-state index is 14.2. The smallest absolute Gasteiger partial charge is 0.244 e. The summed E-state index contributed by atoms with van der Waals surface area (Å²) in [4.78, 5) is 29.3. The molecule has 1 N–H and O–H groups in total. The highest BCUT2D eigenvalue weighted by Gasteiger charge is 2.34. The number of hydrogen-bond acceptors (Lipinski definition) is 6. The van der Waals surface area contributed by atoms with E-state index in [4.69, 9.17) is 21.1 Å². The first-order valence-electron chi connectivity index (χ1n) is 14.0. The van der Waals surface area contributed by atoms with E-state index in [0.29, 0.717) is 41.8 Å². The SMILES string of the molecule is CCCNC(=O)[C@H](Cc1ccccc1)N(Cc1cccc(Cl)c1)C(=O)CN(c1ccc2c(c1)OCCO2)S(=O)(=O)CC. The van der Waals surface area contributed by atoms with Crippen LogP contribution in [0.25, 0.3) is 0 Å². The molecule has 0 fully saturated rings. The molecule has 4 rings (SSSR count). The Labute approximate surface area is 252 Å². The minimum absolute atomic E-state index is 0.0532. The van der Waals surface area contributed by atoms with Crippen molar-refractivity contribution in [1.29, 1.82) is 0 Å². The predicted octanol–water partition coefficient (Wildman–Crippen LogP) is 4.43. The monoisotopic (exact) mass is 613 g/mol. The van der Waals surface area contributed by atoms with Crippen molar-refractivity contribution >= 4 is 39.1 Å². The molecule has 0 saturated carbocycles. The van der Waals surface area contributed by atoms with E-state index in [1.165, 1.54) is 11.8 Å². The van der Waals surface area contributed by atoms with Crippen molar-refractivity contribution in [2.24, 2.45) is 0 Å². The van der Waals surface area contributed by atoms with Gasteiger partial charge in [0.1, 0.15) is 25.8 Å². The summed E-state index contributed by atoms with van der Waals surface area (Å²) < 4.78 is 39.0. The van der Waals surface area contributed by atoms with Crippen molar-refractivity contribution in [2.75, 3.05) is 36.4 Å². The topological polar surface area (TPSA) is 105 Å². The first kappa shape index (κ1) is 31.2. The van der Waals surface area contributed by atoms with E-state index in [-0.39, 0.29) is 30.3 Å². The quantitative estimate of drug-likeness (QED) is 0.306. The molecule has 3 aromatic carbocycles. The zero-order valence-electron chi connectivity index (χ0n) is 23.8. The number of carbonyl (C=O) groups is 2. The van der Waals surface area contributed by atoms with Crippen LogP contribution in [0.2, 0.25) is 5.02 Å². The second-order valence-electron chi connectivity index (χ2n) is 9.88. The third-order valence-electron chi connectivity index (χ3n) is 6.86. The summed E-state index contributed by atoms with van der Waals surface area (Å²) in [5, 5.41) is 3.41. The number of fused-ring (bicyclic) bond motifs is 1. The summed E-state index contributed by atoms with van der Waals surface area (Å²) in [6.45, 7) is 4.17. The van der Waals surface area contributed by atoms with Gasteiger partial charge in [0.05, 0.1) is 11.4 Å². The van der Waals surface area contributed by atoms with Crippen molar-refractivity contribution in [3.63, 3.8) is 0 Å². The van der Waals surface area contributed by atoms with E-state index in [2.05, 4.69) is 5.32 Å². The molecule has 0 aliphatic carbocycles. The normalized spacial score (nSPS) is 13.2. The molecule has 0 saturated heterocycles. The first-order chi connectivity index (χ1) is 20.2. The second kappa shape index (κ2) is 14.4. The van der Waals surface area contributed by atoms with E-state index >= 15 is 0 Å². The van der Waals surface area contributed by atoms with Crippen LogP contribution in [-0.4, -0.2) is 63.2 Å².